The van der Waals surface area contributed by atoms with Gasteiger partial charge in [-0.05, 0) is 23.3 Å². The molecule has 2 aliphatic heterocycles. The van der Waals surface area contributed by atoms with E-state index in [1.165, 1.54) is 19.4 Å². The largest absolute Gasteiger partial charge is 0.507 e. The molecule has 3 heterocycles. The van der Waals surface area contributed by atoms with Gasteiger partial charge in [-0.15, -0.1) is 0 Å². The highest BCUT2D eigenvalue weighted by molar-refractivity contribution is 5.94. The number of carbonyl (C=O) groups is 1. The molecule has 0 fully saturated rings. The highest BCUT2D eigenvalue weighted by Gasteiger charge is 2.35. The molecular weight excluding hydrogens is 452 g/mol. The Hall–Kier alpha value is -4.46. The minimum Gasteiger partial charge on any atom is -0.507 e. The summed E-state index contributed by atoms with van der Waals surface area (Å²) in [5.41, 5.74) is 1.96. The lowest BCUT2D eigenvalue weighted by molar-refractivity contribution is -0.135. The van der Waals surface area contributed by atoms with Crippen LogP contribution in [-0.2, 0) is 4.79 Å². The highest BCUT2D eigenvalue weighted by Crippen LogP contribution is 2.49. The summed E-state index contributed by atoms with van der Waals surface area (Å²) in [6.07, 6.45) is 1.37. The average molecular weight is 472 g/mol. The van der Waals surface area contributed by atoms with Crippen molar-refractivity contribution in [1.29, 1.82) is 0 Å². The molecular formula is C27H20O8. The normalized spacial score (nSPS) is 16.5. The second-order valence-corrected chi connectivity index (χ2v) is 8.33. The molecule has 4 aromatic rings. The van der Waals surface area contributed by atoms with Crippen LogP contribution >= 0.6 is 0 Å². The van der Waals surface area contributed by atoms with Gasteiger partial charge in [0.1, 0.15) is 41.9 Å². The fraction of sp³-hybridized carbons (Fsp3) is 0.185. The van der Waals surface area contributed by atoms with Crippen LogP contribution in [0, 0.1) is 0 Å². The van der Waals surface area contributed by atoms with E-state index < -0.39 is 11.9 Å². The summed E-state index contributed by atoms with van der Waals surface area (Å²) in [6, 6.07) is 13.9. The number of hydrogen-bond acceptors (Lipinski definition) is 8. The van der Waals surface area contributed by atoms with Crippen molar-refractivity contribution in [2.45, 2.75) is 12.3 Å². The van der Waals surface area contributed by atoms with Gasteiger partial charge in [-0.3, -0.25) is 9.59 Å². The van der Waals surface area contributed by atoms with Crippen LogP contribution in [-0.4, -0.2) is 31.4 Å². The predicted octanol–water partition coefficient (Wildman–Crippen LogP) is 4.39. The van der Waals surface area contributed by atoms with Gasteiger partial charge in [0.15, 0.2) is 11.5 Å². The minimum absolute atomic E-state index is 0.000178. The third kappa shape index (κ3) is 3.37. The van der Waals surface area contributed by atoms with Gasteiger partial charge in [0, 0.05) is 17.5 Å². The Balaban J connectivity index is 1.59. The molecule has 0 amide bonds. The topological polar surface area (TPSA) is 104 Å². The molecule has 3 aromatic carbocycles. The third-order valence-electron chi connectivity index (χ3n) is 6.31. The van der Waals surface area contributed by atoms with Crippen molar-refractivity contribution >= 4 is 16.9 Å². The van der Waals surface area contributed by atoms with Crippen molar-refractivity contribution in [2.75, 3.05) is 20.3 Å². The Labute approximate surface area is 199 Å². The van der Waals surface area contributed by atoms with Crippen LogP contribution in [0.5, 0.6) is 28.7 Å². The van der Waals surface area contributed by atoms with E-state index >= 15 is 0 Å². The molecule has 1 atom stereocenters. The maximum Gasteiger partial charge on any atom is 0.312 e. The van der Waals surface area contributed by atoms with Crippen molar-refractivity contribution in [2.24, 2.45) is 0 Å². The van der Waals surface area contributed by atoms with E-state index in [4.69, 9.17) is 23.4 Å². The van der Waals surface area contributed by atoms with E-state index in [1.54, 1.807) is 24.3 Å². The number of ether oxygens (including phenoxy) is 4. The number of phenolic OH excluding ortho intramolecular Hbond substituents is 1. The average Bonchev–Trinajstić information content (AvgIpc) is 2.87. The molecule has 0 unspecified atom stereocenters. The summed E-state index contributed by atoms with van der Waals surface area (Å²) in [7, 11) is 1.53. The fourth-order valence-corrected chi connectivity index (χ4v) is 4.73. The molecule has 8 nitrogen and oxygen atoms in total. The molecule has 0 radical (unpaired) electrons. The second-order valence-electron chi connectivity index (χ2n) is 8.33. The molecule has 176 valence electrons. The Bertz CT molecular complexity index is 1520. The fourth-order valence-electron chi connectivity index (χ4n) is 4.73. The van der Waals surface area contributed by atoms with Crippen LogP contribution in [0.3, 0.4) is 0 Å². The minimum atomic E-state index is -0.537. The SMILES string of the molecule is COc1cc([C@@H]2CC(=O)Oc3cc(O)c4c(=O)c(-c5ccccc5)coc4c32)cc2c1OCCO2. The molecule has 0 bridgehead atoms. The molecule has 1 N–H and O–H groups in total. The highest BCUT2D eigenvalue weighted by atomic mass is 16.6. The zero-order valence-electron chi connectivity index (χ0n) is 18.7. The molecule has 0 saturated heterocycles. The van der Waals surface area contributed by atoms with Crippen molar-refractivity contribution in [3.8, 4) is 39.9 Å². The van der Waals surface area contributed by atoms with Crippen molar-refractivity contribution in [1.82, 2.24) is 0 Å². The number of phenols is 1. The van der Waals surface area contributed by atoms with Crippen LogP contribution in [0.2, 0.25) is 0 Å². The zero-order valence-corrected chi connectivity index (χ0v) is 18.7. The first kappa shape index (κ1) is 21.1. The number of esters is 1. The Kier molecular flexibility index (Phi) is 4.88. The van der Waals surface area contributed by atoms with Crippen molar-refractivity contribution < 1.29 is 33.3 Å². The van der Waals surface area contributed by atoms with E-state index in [2.05, 4.69) is 0 Å². The van der Waals surface area contributed by atoms with Gasteiger partial charge in [0.2, 0.25) is 11.2 Å². The summed E-state index contributed by atoms with van der Waals surface area (Å²) < 4.78 is 28.4. The molecule has 0 saturated carbocycles. The summed E-state index contributed by atoms with van der Waals surface area (Å²) >= 11 is 0. The summed E-state index contributed by atoms with van der Waals surface area (Å²) in [4.78, 5) is 26.0. The Morgan fingerprint density at radius 3 is 2.60 bits per heavy atom. The lowest BCUT2D eigenvalue weighted by atomic mass is 9.84. The standard InChI is InChI=1S/C27H20O8/c1-31-20-9-15(10-21-26(20)33-8-7-32-21)16-11-22(29)35-19-12-18(28)24-25(30)17(13-34-27(24)23(16)19)14-5-3-2-4-6-14/h2-6,9-10,12-13,16,28H,7-8,11H2,1H3/t16-/m0/s1. The molecule has 8 heteroatoms. The van der Waals surface area contributed by atoms with Gasteiger partial charge >= 0.3 is 5.97 Å². The van der Waals surface area contributed by atoms with Crippen LogP contribution < -0.4 is 24.4 Å². The van der Waals surface area contributed by atoms with Gasteiger partial charge in [-0.25, -0.2) is 0 Å². The molecule has 6 rings (SSSR count). The molecule has 1 aromatic heterocycles. The lowest BCUT2D eigenvalue weighted by Crippen LogP contribution is -2.22. The van der Waals surface area contributed by atoms with Crippen LogP contribution in [0.25, 0.3) is 22.1 Å². The maximum atomic E-state index is 13.5. The predicted molar refractivity (Wildman–Crippen MR) is 126 cm³/mol. The number of carbonyl (C=O) groups excluding carboxylic acids is 1. The van der Waals surface area contributed by atoms with Crippen LogP contribution in [0.4, 0.5) is 0 Å². The Morgan fingerprint density at radius 2 is 1.80 bits per heavy atom. The molecule has 35 heavy (non-hydrogen) atoms. The number of fused-ring (bicyclic) bond motifs is 4. The van der Waals surface area contributed by atoms with E-state index in [-0.39, 0.29) is 34.3 Å². The molecule has 2 aliphatic rings. The lowest BCUT2D eigenvalue weighted by Gasteiger charge is -2.28. The number of methoxy groups -OCH3 is 1. The van der Waals surface area contributed by atoms with Gasteiger partial charge < -0.3 is 28.5 Å². The van der Waals surface area contributed by atoms with Gasteiger partial charge in [0.25, 0.3) is 0 Å². The summed E-state index contributed by atoms with van der Waals surface area (Å²) in [5.74, 6) is 0.272. The van der Waals surface area contributed by atoms with E-state index in [0.717, 1.165) is 0 Å². The van der Waals surface area contributed by atoms with E-state index in [0.29, 0.717) is 52.7 Å². The second kappa shape index (κ2) is 8.09. The van der Waals surface area contributed by atoms with Crippen LogP contribution in [0.1, 0.15) is 23.5 Å². The molecule has 0 aliphatic carbocycles. The first-order chi connectivity index (χ1) is 17.0. The van der Waals surface area contributed by atoms with Gasteiger partial charge in [-0.1, -0.05) is 30.3 Å². The number of hydrogen-bond donors (Lipinski definition) is 1. The maximum absolute atomic E-state index is 13.5. The zero-order chi connectivity index (χ0) is 24.1. The van der Waals surface area contributed by atoms with E-state index in [9.17, 15) is 14.7 Å². The molecule has 0 spiro atoms. The van der Waals surface area contributed by atoms with E-state index in [1.807, 2.05) is 18.2 Å². The number of rotatable bonds is 3. The van der Waals surface area contributed by atoms with Gasteiger partial charge in [0.05, 0.1) is 19.1 Å². The first-order valence-corrected chi connectivity index (χ1v) is 11.1. The smallest absolute Gasteiger partial charge is 0.312 e. The third-order valence-corrected chi connectivity index (χ3v) is 6.31. The quantitative estimate of drug-likeness (QED) is 0.346. The summed E-state index contributed by atoms with van der Waals surface area (Å²) in [5, 5.41) is 10.8. The summed E-state index contributed by atoms with van der Waals surface area (Å²) in [6.45, 7) is 0.789. The monoisotopic (exact) mass is 472 g/mol. The van der Waals surface area contributed by atoms with Crippen LogP contribution in [0.15, 0.2) is 64.0 Å². The number of aromatic hydroxyl groups is 1. The van der Waals surface area contributed by atoms with Crippen molar-refractivity contribution in [3.05, 3.63) is 76.1 Å². The van der Waals surface area contributed by atoms with Crippen molar-refractivity contribution in [3.63, 3.8) is 0 Å². The first-order valence-electron chi connectivity index (χ1n) is 11.1. The van der Waals surface area contributed by atoms with Gasteiger partial charge in [-0.2, -0.15) is 0 Å². The number of benzene rings is 3. The Morgan fingerprint density at radius 1 is 1.00 bits per heavy atom.